The number of nitrogens with one attached hydrogen (secondary N) is 1. The first-order valence-corrected chi connectivity index (χ1v) is 4.83. The number of hydrogen-bond donors (Lipinski definition) is 1. The van der Waals surface area contributed by atoms with Crippen LogP contribution in [0, 0.1) is 5.92 Å². The van der Waals surface area contributed by atoms with E-state index in [4.69, 9.17) is 0 Å². The van der Waals surface area contributed by atoms with E-state index >= 15 is 0 Å². The van der Waals surface area contributed by atoms with Crippen LogP contribution in [-0.2, 0) is 13.6 Å². The van der Waals surface area contributed by atoms with Gasteiger partial charge in [0, 0.05) is 13.1 Å². The van der Waals surface area contributed by atoms with Crippen LogP contribution in [0.3, 0.4) is 0 Å². The summed E-state index contributed by atoms with van der Waals surface area (Å²) in [4.78, 5) is 4.16. The number of aromatic nitrogens is 3. The molecule has 0 bridgehead atoms. The van der Waals surface area contributed by atoms with E-state index in [1.165, 1.54) is 12.8 Å². The van der Waals surface area contributed by atoms with Gasteiger partial charge < -0.3 is 5.32 Å². The van der Waals surface area contributed by atoms with Crippen LogP contribution in [0.25, 0.3) is 0 Å². The Morgan fingerprint density at radius 3 is 2.92 bits per heavy atom. The zero-order valence-corrected chi connectivity index (χ0v) is 8.20. The Morgan fingerprint density at radius 2 is 2.46 bits per heavy atom. The van der Waals surface area contributed by atoms with Gasteiger partial charge in [0.25, 0.3) is 0 Å². The Bertz CT molecular complexity index is 281. The highest BCUT2D eigenvalue weighted by Gasteiger charge is 2.25. The highest BCUT2D eigenvalue weighted by atomic mass is 15.3. The SMILES string of the molecule is CC1CCC1NCc1ncn(C)n1. The summed E-state index contributed by atoms with van der Waals surface area (Å²) in [5.74, 6) is 1.71. The molecule has 72 valence electrons. The summed E-state index contributed by atoms with van der Waals surface area (Å²) in [6.45, 7) is 3.09. The Kier molecular flexibility index (Phi) is 2.31. The number of hydrogen-bond acceptors (Lipinski definition) is 3. The summed E-state index contributed by atoms with van der Waals surface area (Å²) in [5.41, 5.74) is 0. The van der Waals surface area contributed by atoms with E-state index in [0.29, 0.717) is 6.04 Å². The van der Waals surface area contributed by atoms with Crippen molar-refractivity contribution >= 4 is 0 Å². The van der Waals surface area contributed by atoms with Crippen LogP contribution in [0.1, 0.15) is 25.6 Å². The van der Waals surface area contributed by atoms with Gasteiger partial charge in [-0.1, -0.05) is 6.92 Å². The highest BCUT2D eigenvalue weighted by molar-refractivity contribution is 4.87. The summed E-state index contributed by atoms with van der Waals surface area (Å²) in [5, 5.41) is 7.67. The smallest absolute Gasteiger partial charge is 0.164 e. The molecule has 1 aromatic rings. The van der Waals surface area contributed by atoms with Crippen LogP contribution in [0.5, 0.6) is 0 Å². The molecule has 0 radical (unpaired) electrons. The van der Waals surface area contributed by atoms with Crippen molar-refractivity contribution in [3.8, 4) is 0 Å². The summed E-state index contributed by atoms with van der Waals surface area (Å²) in [6, 6.07) is 0.684. The molecule has 2 atom stereocenters. The standard InChI is InChI=1S/C9H16N4/c1-7-3-4-8(7)10-5-9-11-6-13(2)12-9/h6-8,10H,3-5H2,1-2H3. The van der Waals surface area contributed by atoms with Crippen molar-refractivity contribution in [3.63, 3.8) is 0 Å². The van der Waals surface area contributed by atoms with Crippen LogP contribution in [-0.4, -0.2) is 20.8 Å². The third-order valence-corrected chi connectivity index (χ3v) is 2.79. The largest absolute Gasteiger partial charge is 0.307 e. The Balaban J connectivity index is 1.79. The van der Waals surface area contributed by atoms with Gasteiger partial charge in [-0.05, 0) is 18.8 Å². The average molecular weight is 180 g/mol. The molecular formula is C9H16N4. The molecule has 13 heavy (non-hydrogen) atoms. The second kappa shape index (κ2) is 3.46. The molecule has 1 aliphatic carbocycles. The van der Waals surface area contributed by atoms with E-state index < -0.39 is 0 Å². The Hall–Kier alpha value is -0.900. The lowest BCUT2D eigenvalue weighted by molar-refractivity contribution is 0.227. The number of rotatable bonds is 3. The molecule has 0 aliphatic heterocycles. The molecular weight excluding hydrogens is 164 g/mol. The highest BCUT2D eigenvalue weighted by Crippen LogP contribution is 2.26. The lowest BCUT2D eigenvalue weighted by atomic mass is 9.81. The topological polar surface area (TPSA) is 42.7 Å². The van der Waals surface area contributed by atoms with E-state index in [9.17, 15) is 0 Å². The van der Waals surface area contributed by atoms with Crippen molar-refractivity contribution in [1.29, 1.82) is 0 Å². The molecule has 2 rings (SSSR count). The predicted molar refractivity (Wildman–Crippen MR) is 50.0 cm³/mol. The maximum atomic E-state index is 4.21. The van der Waals surface area contributed by atoms with Crippen molar-refractivity contribution in [2.24, 2.45) is 13.0 Å². The molecule has 0 aromatic carbocycles. The first-order valence-electron chi connectivity index (χ1n) is 4.83. The van der Waals surface area contributed by atoms with Crippen LogP contribution in [0.4, 0.5) is 0 Å². The Labute approximate surface area is 78.4 Å². The van der Waals surface area contributed by atoms with Crippen LogP contribution < -0.4 is 5.32 Å². The molecule has 1 fully saturated rings. The lowest BCUT2D eigenvalue weighted by Gasteiger charge is -2.34. The predicted octanol–water partition coefficient (Wildman–Crippen LogP) is 0.703. The minimum atomic E-state index is 0.684. The fourth-order valence-electron chi connectivity index (χ4n) is 1.66. The summed E-state index contributed by atoms with van der Waals surface area (Å²) >= 11 is 0. The fraction of sp³-hybridized carbons (Fsp3) is 0.778. The molecule has 1 heterocycles. The molecule has 0 saturated heterocycles. The molecule has 1 aromatic heterocycles. The fourth-order valence-corrected chi connectivity index (χ4v) is 1.66. The van der Waals surface area contributed by atoms with E-state index in [1.54, 1.807) is 11.0 Å². The van der Waals surface area contributed by atoms with Crippen LogP contribution >= 0.6 is 0 Å². The van der Waals surface area contributed by atoms with Crippen LogP contribution in [0.15, 0.2) is 6.33 Å². The second-order valence-electron chi connectivity index (χ2n) is 3.88. The van der Waals surface area contributed by atoms with E-state index in [2.05, 4.69) is 22.3 Å². The van der Waals surface area contributed by atoms with Gasteiger partial charge in [0.1, 0.15) is 6.33 Å². The molecule has 1 saturated carbocycles. The second-order valence-corrected chi connectivity index (χ2v) is 3.88. The van der Waals surface area contributed by atoms with Gasteiger partial charge in [-0.15, -0.1) is 0 Å². The Morgan fingerprint density at radius 1 is 1.62 bits per heavy atom. The molecule has 2 unspecified atom stereocenters. The average Bonchev–Trinajstić information content (AvgIpc) is 2.49. The summed E-state index contributed by atoms with van der Waals surface area (Å²) in [6.07, 6.45) is 4.39. The third-order valence-electron chi connectivity index (χ3n) is 2.79. The molecule has 1 aliphatic rings. The van der Waals surface area contributed by atoms with Crippen molar-refractivity contribution < 1.29 is 0 Å². The quantitative estimate of drug-likeness (QED) is 0.744. The van der Waals surface area contributed by atoms with Crippen molar-refractivity contribution in [3.05, 3.63) is 12.2 Å². The first-order chi connectivity index (χ1) is 6.25. The van der Waals surface area contributed by atoms with Gasteiger partial charge in [0.15, 0.2) is 5.82 Å². The third kappa shape index (κ3) is 1.88. The van der Waals surface area contributed by atoms with Crippen molar-refractivity contribution in [1.82, 2.24) is 20.1 Å². The minimum Gasteiger partial charge on any atom is -0.307 e. The molecule has 4 nitrogen and oxygen atoms in total. The maximum Gasteiger partial charge on any atom is 0.164 e. The molecule has 0 amide bonds. The first kappa shape index (κ1) is 8.69. The van der Waals surface area contributed by atoms with Crippen molar-refractivity contribution in [2.75, 3.05) is 0 Å². The number of nitrogens with zero attached hydrogens (tertiary/aromatic N) is 3. The normalized spacial score (nSPS) is 27.2. The summed E-state index contributed by atoms with van der Waals surface area (Å²) < 4.78 is 1.74. The number of aryl methyl sites for hydroxylation is 1. The van der Waals surface area contributed by atoms with Gasteiger partial charge in [-0.2, -0.15) is 5.10 Å². The van der Waals surface area contributed by atoms with E-state index in [1.807, 2.05) is 7.05 Å². The van der Waals surface area contributed by atoms with Crippen LogP contribution in [0.2, 0.25) is 0 Å². The monoisotopic (exact) mass is 180 g/mol. The van der Waals surface area contributed by atoms with Gasteiger partial charge in [0.2, 0.25) is 0 Å². The lowest BCUT2D eigenvalue weighted by Crippen LogP contribution is -2.42. The molecule has 1 N–H and O–H groups in total. The van der Waals surface area contributed by atoms with Gasteiger partial charge in [-0.25, -0.2) is 4.98 Å². The van der Waals surface area contributed by atoms with E-state index in [0.717, 1.165) is 18.3 Å². The summed E-state index contributed by atoms with van der Waals surface area (Å²) in [7, 11) is 1.89. The van der Waals surface area contributed by atoms with Crippen molar-refractivity contribution in [2.45, 2.75) is 32.4 Å². The van der Waals surface area contributed by atoms with Gasteiger partial charge in [0.05, 0.1) is 6.54 Å². The zero-order valence-electron chi connectivity index (χ0n) is 8.20. The van der Waals surface area contributed by atoms with Gasteiger partial charge >= 0.3 is 0 Å². The maximum absolute atomic E-state index is 4.21. The molecule has 0 spiro atoms. The van der Waals surface area contributed by atoms with E-state index in [-0.39, 0.29) is 0 Å². The van der Waals surface area contributed by atoms with Gasteiger partial charge in [-0.3, -0.25) is 4.68 Å². The molecule has 4 heteroatoms. The zero-order chi connectivity index (χ0) is 9.26. The minimum absolute atomic E-state index is 0.684.